The number of likely N-dealkylation sites (tertiary alicyclic amines) is 1. The van der Waals surface area contributed by atoms with E-state index >= 15 is 0 Å². The minimum atomic E-state index is -0.320. The van der Waals surface area contributed by atoms with Crippen LogP contribution in [0.15, 0.2) is 18.2 Å². The minimum absolute atomic E-state index is 0.0177. The van der Waals surface area contributed by atoms with E-state index < -0.39 is 0 Å². The largest absolute Gasteiger partial charge is 0.342 e. The zero-order valence-electron chi connectivity index (χ0n) is 17.5. The minimum Gasteiger partial charge on any atom is -0.342 e. The van der Waals surface area contributed by atoms with Crippen LogP contribution in [0.3, 0.4) is 0 Å². The molecule has 1 unspecified atom stereocenters. The normalized spacial score (nSPS) is 16.8. The topological polar surface area (TPSA) is 84.8 Å². The van der Waals surface area contributed by atoms with E-state index in [0.29, 0.717) is 13.0 Å². The van der Waals surface area contributed by atoms with Crippen molar-refractivity contribution in [2.24, 2.45) is 0 Å². The molecule has 6 nitrogen and oxygen atoms in total. The first-order chi connectivity index (χ1) is 13.7. The number of aromatic nitrogens is 2. The molecule has 0 bridgehead atoms. The molecule has 2 N–H and O–H groups in total. The molecular weight excluding hydrogens is 386 g/mol. The maximum atomic E-state index is 12.5. The molecule has 1 fully saturated rings. The highest BCUT2D eigenvalue weighted by Crippen LogP contribution is 2.25. The third-order valence-corrected chi connectivity index (χ3v) is 5.89. The fraction of sp³-hybridized carbons (Fsp3) is 0.500. The second-order valence-corrected chi connectivity index (χ2v) is 8.82. The van der Waals surface area contributed by atoms with E-state index in [2.05, 4.69) is 30.2 Å². The Kier molecular flexibility index (Phi) is 6.30. The van der Waals surface area contributed by atoms with E-state index in [0.717, 1.165) is 46.2 Å². The van der Waals surface area contributed by atoms with Crippen LogP contribution < -0.4 is 5.32 Å². The van der Waals surface area contributed by atoms with Crippen LogP contribution >= 0.6 is 11.6 Å². The predicted molar refractivity (Wildman–Crippen MR) is 115 cm³/mol. The van der Waals surface area contributed by atoms with Gasteiger partial charge in [0, 0.05) is 34.8 Å². The van der Waals surface area contributed by atoms with Gasteiger partial charge in [0.05, 0.1) is 18.3 Å². The standard InChI is InChI=1S/C22H28ClN5O/c1-14-7-8-16(10-18(14)23)21-26-15(2)19(27-21)11-22(3,4)25-13-20(29)28-9-5-6-17(28)12-24/h7-8,10,17,25H,5-6,9,11,13H2,1-4H3,(H,26,27). The number of nitriles is 1. The van der Waals surface area contributed by atoms with E-state index in [1.807, 2.05) is 32.0 Å². The molecule has 2 aromatic rings. The fourth-order valence-electron chi connectivity index (χ4n) is 3.64. The number of H-pyrrole nitrogens is 1. The van der Waals surface area contributed by atoms with Gasteiger partial charge in [-0.15, -0.1) is 0 Å². The number of halogens is 1. The van der Waals surface area contributed by atoms with Crippen LogP contribution in [0.2, 0.25) is 5.02 Å². The molecule has 3 rings (SSSR count). The summed E-state index contributed by atoms with van der Waals surface area (Å²) in [5.41, 5.74) is 3.62. The van der Waals surface area contributed by atoms with Crippen LogP contribution in [0.1, 0.15) is 43.6 Å². The van der Waals surface area contributed by atoms with Gasteiger partial charge in [-0.25, -0.2) is 4.98 Å². The van der Waals surface area contributed by atoms with Crippen molar-refractivity contribution in [3.63, 3.8) is 0 Å². The Balaban J connectivity index is 1.65. The van der Waals surface area contributed by atoms with Crippen LogP contribution in [0.25, 0.3) is 11.4 Å². The predicted octanol–water partition coefficient (Wildman–Crippen LogP) is 3.77. The first kappa shape index (κ1) is 21.4. The summed E-state index contributed by atoms with van der Waals surface area (Å²) < 4.78 is 0. The molecule has 1 saturated heterocycles. The molecule has 1 aromatic carbocycles. The molecule has 1 atom stereocenters. The molecule has 7 heteroatoms. The first-order valence-electron chi connectivity index (χ1n) is 9.96. The Morgan fingerprint density at radius 3 is 2.90 bits per heavy atom. The molecule has 1 amide bonds. The highest BCUT2D eigenvalue weighted by Gasteiger charge is 2.30. The molecule has 0 radical (unpaired) electrons. The van der Waals surface area contributed by atoms with Crippen molar-refractivity contribution in [2.75, 3.05) is 13.1 Å². The Bertz CT molecular complexity index is 943. The number of rotatable bonds is 6. The van der Waals surface area contributed by atoms with Crippen molar-refractivity contribution >= 4 is 17.5 Å². The molecule has 1 aliphatic rings. The smallest absolute Gasteiger partial charge is 0.237 e. The lowest BCUT2D eigenvalue weighted by atomic mass is 9.97. The van der Waals surface area contributed by atoms with Crippen molar-refractivity contribution in [1.82, 2.24) is 20.2 Å². The number of aryl methyl sites for hydroxylation is 2. The summed E-state index contributed by atoms with van der Waals surface area (Å²) in [6.45, 7) is 8.98. The lowest BCUT2D eigenvalue weighted by molar-refractivity contribution is -0.130. The fourth-order valence-corrected chi connectivity index (χ4v) is 3.82. The average Bonchev–Trinajstić information content (AvgIpc) is 3.29. The number of nitrogens with one attached hydrogen (secondary N) is 2. The van der Waals surface area contributed by atoms with E-state index in [1.54, 1.807) is 4.90 Å². The molecule has 0 spiro atoms. The number of carbonyl (C=O) groups excluding carboxylic acids is 1. The summed E-state index contributed by atoms with van der Waals surface area (Å²) in [5.74, 6) is 0.774. The third-order valence-electron chi connectivity index (χ3n) is 5.48. The van der Waals surface area contributed by atoms with Crippen molar-refractivity contribution in [2.45, 2.75) is 58.5 Å². The van der Waals surface area contributed by atoms with Crippen LogP contribution in [-0.4, -0.2) is 45.4 Å². The van der Waals surface area contributed by atoms with Crippen molar-refractivity contribution in [3.8, 4) is 17.5 Å². The second kappa shape index (κ2) is 8.56. The van der Waals surface area contributed by atoms with Crippen molar-refractivity contribution in [1.29, 1.82) is 5.26 Å². The van der Waals surface area contributed by atoms with Crippen LogP contribution in [0.4, 0.5) is 0 Å². The molecular formula is C22H28ClN5O. The van der Waals surface area contributed by atoms with Gasteiger partial charge >= 0.3 is 0 Å². The molecule has 1 aromatic heterocycles. The molecule has 2 heterocycles. The molecule has 154 valence electrons. The van der Waals surface area contributed by atoms with Gasteiger partial charge in [0.1, 0.15) is 11.9 Å². The van der Waals surface area contributed by atoms with Gasteiger partial charge in [0.25, 0.3) is 0 Å². The van der Waals surface area contributed by atoms with Gasteiger partial charge in [-0.2, -0.15) is 5.26 Å². The Hall–Kier alpha value is -2.36. The highest BCUT2D eigenvalue weighted by molar-refractivity contribution is 6.31. The third kappa shape index (κ3) is 4.98. The molecule has 0 aliphatic carbocycles. The Labute approximate surface area is 177 Å². The zero-order chi connectivity index (χ0) is 21.2. The quantitative estimate of drug-likeness (QED) is 0.754. The summed E-state index contributed by atoms with van der Waals surface area (Å²) in [6.07, 6.45) is 2.33. The van der Waals surface area contributed by atoms with E-state index in [1.165, 1.54) is 0 Å². The Morgan fingerprint density at radius 2 is 2.21 bits per heavy atom. The van der Waals surface area contributed by atoms with Crippen molar-refractivity contribution in [3.05, 3.63) is 40.2 Å². The van der Waals surface area contributed by atoms with Gasteiger partial charge in [-0.3, -0.25) is 4.79 Å². The average molecular weight is 414 g/mol. The van der Waals surface area contributed by atoms with Crippen LogP contribution in [0.5, 0.6) is 0 Å². The number of amides is 1. The van der Waals surface area contributed by atoms with Gasteiger partial charge in [-0.1, -0.05) is 23.7 Å². The number of carbonyl (C=O) groups is 1. The van der Waals surface area contributed by atoms with Crippen LogP contribution in [0, 0.1) is 25.2 Å². The van der Waals surface area contributed by atoms with Crippen LogP contribution in [-0.2, 0) is 11.2 Å². The maximum absolute atomic E-state index is 12.5. The van der Waals surface area contributed by atoms with Gasteiger partial charge in [-0.05, 0) is 52.2 Å². The summed E-state index contributed by atoms with van der Waals surface area (Å²) in [5, 5.41) is 13.2. The number of aromatic amines is 1. The lowest BCUT2D eigenvalue weighted by Gasteiger charge is -2.28. The number of hydrogen-bond donors (Lipinski definition) is 2. The van der Waals surface area contributed by atoms with Gasteiger partial charge < -0.3 is 15.2 Å². The summed E-state index contributed by atoms with van der Waals surface area (Å²) >= 11 is 6.25. The molecule has 1 aliphatic heterocycles. The SMILES string of the molecule is Cc1ccc(-c2nc(CC(C)(C)NCC(=O)N3CCCC3C#N)c(C)[nH]2)cc1Cl. The first-order valence-corrected chi connectivity index (χ1v) is 10.3. The van der Waals surface area contributed by atoms with Crippen molar-refractivity contribution < 1.29 is 4.79 Å². The second-order valence-electron chi connectivity index (χ2n) is 8.41. The van der Waals surface area contributed by atoms with Gasteiger partial charge in [0.15, 0.2) is 0 Å². The highest BCUT2D eigenvalue weighted by atomic mass is 35.5. The maximum Gasteiger partial charge on any atom is 0.237 e. The van der Waals surface area contributed by atoms with E-state index in [9.17, 15) is 10.1 Å². The monoisotopic (exact) mass is 413 g/mol. The molecule has 29 heavy (non-hydrogen) atoms. The zero-order valence-corrected chi connectivity index (χ0v) is 18.2. The number of benzene rings is 1. The number of imidazole rings is 1. The summed E-state index contributed by atoms with van der Waals surface area (Å²) in [4.78, 5) is 22.3. The summed E-state index contributed by atoms with van der Waals surface area (Å²) in [7, 11) is 0. The lowest BCUT2D eigenvalue weighted by Crippen LogP contribution is -2.48. The summed E-state index contributed by atoms with van der Waals surface area (Å²) in [6, 6.07) is 7.84. The van der Waals surface area contributed by atoms with Gasteiger partial charge in [0.2, 0.25) is 5.91 Å². The van der Waals surface area contributed by atoms with E-state index in [-0.39, 0.29) is 24.0 Å². The van der Waals surface area contributed by atoms with E-state index in [4.69, 9.17) is 16.6 Å². The number of nitrogens with zero attached hydrogens (tertiary/aromatic N) is 3. The number of hydrogen-bond acceptors (Lipinski definition) is 4. The Morgan fingerprint density at radius 1 is 1.45 bits per heavy atom. The molecule has 0 saturated carbocycles.